The van der Waals surface area contributed by atoms with Crippen molar-refractivity contribution in [1.29, 1.82) is 0 Å². The highest BCUT2D eigenvalue weighted by Gasteiger charge is 2.30. The number of fused-ring (bicyclic) bond motifs is 1. The minimum absolute atomic E-state index is 0.126. The van der Waals surface area contributed by atoms with Crippen molar-refractivity contribution in [2.45, 2.75) is 45.2 Å². The molecule has 7 nitrogen and oxygen atoms in total. The molecule has 0 saturated carbocycles. The number of nitrogens with two attached hydrogens (primary N) is 1. The Morgan fingerprint density at radius 3 is 2.73 bits per heavy atom. The minimum atomic E-state index is -0.548. The second-order valence-corrected chi connectivity index (χ2v) is 8.55. The summed E-state index contributed by atoms with van der Waals surface area (Å²) in [5.74, 6) is -0.626. The molecule has 3 aromatic rings. The molecule has 2 N–H and O–H groups in total. The Bertz CT molecular complexity index is 1150. The number of likely N-dealkylation sites (tertiary alicyclic amines) is 1. The molecule has 1 aliphatic rings. The number of aryl methyl sites for hydroxylation is 2. The summed E-state index contributed by atoms with van der Waals surface area (Å²) >= 11 is 1.44. The van der Waals surface area contributed by atoms with E-state index in [0.29, 0.717) is 23.2 Å². The summed E-state index contributed by atoms with van der Waals surface area (Å²) in [5.41, 5.74) is 8.28. The first-order chi connectivity index (χ1) is 14.5. The van der Waals surface area contributed by atoms with Gasteiger partial charge in [-0.15, -0.1) is 11.3 Å². The molecule has 0 bridgehead atoms. The van der Waals surface area contributed by atoms with Crippen LogP contribution >= 0.6 is 11.3 Å². The van der Waals surface area contributed by atoms with Crippen LogP contribution in [0.4, 0.5) is 0 Å². The Kier molecular flexibility index (Phi) is 5.67. The largest absolute Gasteiger partial charge is 0.368 e. The molecule has 1 unspecified atom stereocenters. The van der Waals surface area contributed by atoms with Gasteiger partial charge in [0.1, 0.15) is 10.9 Å². The van der Waals surface area contributed by atoms with Gasteiger partial charge in [0.05, 0.1) is 11.7 Å². The van der Waals surface area contributed by atoms with E-state index in [2.05, 4.69) is 4.98 Å². The molecule has 156 valence electrons. The molecule has 1 fully saturated rings. The Labute approximate surface area is 178 Å². The van der Waals surface area contributed by atoms with Gasteiger partial charge in [-0.25, -0.2) is 4.98 Å². The number of piperidine rings is 1. The van der Waals surface area contributed by atoms with Crippen molar-refractivity contribution in [2.75, 3.05) is 6.54 Å². The van der Waals surface area contributed by atoms with Crippen molar-refractivity contribution in [2.24, 2.45) is 5.73 Å². The van der Waals surface area contributed by atoms with Crippen LogP contribution in [0.25, 0.3) is 21.3 Å². The zero-order chi connectivity index (χ0) is 21.3. The lowest BCUT2D eigenvalue weighted by Gasteiger charge is -2.33. The second kappa shape index (κ2) is 8.39. The molecule has 1 saturated heterocycles. The van der Waals surface area contributed by atoms with Crippen molar-refractivity contribution in [1.82, 2.24) is 14.5 Å². The number of hydrogen-bond donors (Lipinski definition) is 1. The fraction of sp³-hybridized carbons (Fsp3) is 0.364. The number of thiophene rings is 1. The van der Waals surface area contributed by atoms with Crippen molar-refractivity contribution in [3.05, 3.63) is 51.9 Å². The molecule has 30 heavy (non-hydrogen) atoms. The van der Waals surface area contributed by atoms with Crippen LogP contribution in [-0.2, 0) is 16.1 Å². The predicted octanol–water partition coefficient (Wildman–Crippen LogP) is 2.69. The minimum Gasteiger partial charge on any atom is -0.368 e. The van der Waals surface area contributed by atoms with E-state index in [4.69, 9.17) is 5.73 Å². The number of aromatic nitrogens is 2. The number of rotatable bonds is 5. The van der Waals surface area contributed by atoms with E-state index in [-0.39, 0.29) is 24.4 Å². The fourth-order valence-electron chi connectivity index (χ4n) is 3.96. The molecule has 0 aliphatic carbocycles. The van der Waals surface area contributed by atoms with Gasteiger partial charge in [-0.3, -0.25) is 19.0 Å². The van der Waals surface area contributed by atoms with Crippen LogP contribution in [0.15, 0.2) is 40.8 Å². The van der Waals surface area contributed by atoms with E-state index in [9.17, 15) is 14.4 Å². The zero-order valence-corrected chi connectivity index (χ0v) is 17.7. The Morgan fingerprint density at radius 1 is 1.23 bits per heavy atom. The third kappa shape index (κ3) is 3.87. The SMILES string of the molecule is Cc1ccc(-c2csc3ncn(CCC(=O)N4CCCCC4C(N)=O)c(=O)c23)cc1. The van der Waals surface area contributed by atoms with Crippen LogP contribution in [0.1, 0.15) is 31.2 Å². The first kappa shape index (κ1) is 20.3. The smallest absolute Gasteiger partial charge is 0.262 e. The lowest BCUT2D eigenvalue weighted by atomic mass is 10.0. The highest BCUT2D eigenvalue weighted by Crippen LogP contribution is 2.30. The number of benzene rings is 1. The van der Waals surface area contributed by atoms with Gasteiger partial charge < -0.3 is 10.6 Å². The van der Waals surface area contributed by atoms with Crippen molar-refractivity contribution in [3.8, 4) is 11.1 Å². The van der Waals surface area contributed by atoms with E-state index in [0.717, 1.165) is 29.5 Å². The molecule has 0 radical (unpaired) electrons. The molecular weight excluding hydrogens is 400 g/mol. The van der Waals surface area contributed by atoms with Crippen molar-refractivity contribution >= 4 is 33.4 Å². The summed E-state index contributed by atoms with van der Waals surface area (Å²) in [6, 6.07) is 7.48. The molecule has 2 amide bonds. The number of nitrogens with zero attached hydrogens (tertiary/aromatic N) is 3. The Hall–Kier alpha value is -3.00. The van der Waals surface area contributed by atoms with E-state index in [1.807, 2.05) is 36.6 Å². The number of hydrogen-bond acceptors (Lipinski definition) is 5. The van der Waals surface area contributed by atoms with Crippen LogP contribution in [-0.4, -0.2) is 38.9 Å². The van der Waals surface area contributed by atoms with E-state index in [1.165, 1.54) is 22.2 Å². The summed E-state index contributed by atoms with van der Waals surface area (Å²) in [6.07, 6.45) is 3.97. The Morgan fingerprint density at radius 2 is 2.00 bits per heavy atom. The number of carbonyl (C=O) groups is 2. The van der Waals surface area contributed by atoms with Crippen LogP contribution in [0.2, 0.25) is 0 Å². The van der Waals surface area contributed by atoms with Gasteiger partial charge in [-0.1, -0.05) is 29.8 Å². The molecule has 1 atom stereocenters. The van der Waals surface area contributed by atoms with E-state index < -0.39 is 11.9 Å². The van der Waals surface area contributed by atoms with Crippen LogP contribution < -0.4 is 11.3 Å². The summed E-state index contributed by atoms with van der Waals surface area (Å²) in [4.78, 5) is 44.2. The first-order valence-corrected chi connectivity index (χ1v) is 11.0. The van der Waals surface area contributed by atoms with E-state index >= 15 is 0 Å². The summed E-state index contributed by atoms with van der Waals surface area (Å²) in [7, 11) is 0. The van der Waals surface area contributed by atoms with Crippen LogP contribution in [0, 0.1) is 6.92 Å². The molecule has 1 aliphatic heterocycles. The maximum atomic E-state index is 13.1. The lowest BCUT2D eigenvalue weighted by Crippen LogP contribution is -2.50. The number of amides is 2. The predicted molar refractivity (Wildman–Crippen MR) is 117 cm³/mol. The molecule has 1 aromatic carbocycles. The van der Waals surface area contributed by atoms with Gasteiger partial charge in [0.15, 0.2) is 0 Å². The third-order valence-electron chi connectivity index (χ3n) is 5.64. The summed E-state index contributed by atoms with van der Waals surface area (Å²) in [5, 5.41) is 2.52. The standard InChI is InChI=1S/C22H24N4O3S/c1-14-5-7-15(8-6-14)16-12-30-21-19(16)22(29)25(13-24-21)11-9-18(27)26-10-3-2-4-17(26)20(23)28/h5-8,12-13,17H,2-4,9-11H2,1H3,(H2,23,28). The van der Waals surface area contributed by atoms with Crippen molar-refractivity contribution < 1.29 is 9.59 Å². The summed E-state index contributed by atoms with van der Waals surface area (Å²) < 4.78 is 1.48. The van der Waals surface area contributed by atoms with Gasteiger partial charge >= 0.3 is 0 Å². The average Bonchev–Trinajstić information content (AvgIpc) is 3.18. The summed E-state index contributed by atoms with van der Waals surface area (Å²) in [6.45, 7) is 2.76. The molecule has 3 heterocycles. The maximum absolute atomic E-state index is 13.1. The normalized spacial score (nSPS) is 16.7. The molecule has 4 rings (SSSR count). The van der Waals surface area contributed by atoms with Crippen molar-refractivity contribution in [3.63, 3.8) is 0 Å². The van der Waals surface area contributed by atoms with Crippen LogP contribution in [0.5, 0.6) is 0 Å². The zero-order valence-electron chi connectivity index (χ0n) is 16.8. The highest BCUT2D eigenvalue weighted by atomic mass is 32.1. The molecule has 8 heteroatoms. The van der Waals surface area contributed by atoms with E-state index in [1.54, 1.807) is 4.90 Å². The number of carbonyl (C=O) groups excluding carboxylic acids is 2. The van der Waals surface area contributed by atoms with Gasteiger partial charge in [-0.2, -0.15) is 0 Å². The third-order valence-corrected chi connectivity index (χ3v) is 6.53. The van der Waals surface area contributed by atoms with Gasteiger partial charge in [0, 0.05) is 30.5 Å². The van der Waals surface area contributed by atoms with Gasteiger partial charge in [0.25, 0.3) is 5.56 Å². The Balaban J connectivity index is 1.58. The second-order valence-electron chi connectivity index (χ2n) is 7.69. The molecule has 0 spiro atoms. The van der Waals surface area contributed by atoms with Gasteiger partial charge in [-0.05, 0) is 31.7 Å². The highest BCUT2D eigenvalue weighted by molar-refractivity contribution is 7.17. The average molecular weight is 425 g/mol. The number of primary amides is 1. The quantitative estimate of drug-likeness (QED) is 0.681. The topological polar surface area (TPSA) is 98.3 Å². The van der Waals surface area contributed by atoms with Gasteiger partial charge in [0.2, 0.25) is 11.8 Å². The maximum Gasteiger partial charge on any atom is 0.262 e. The lowest BCUT2D eigenvalue weighted by molar-refractivity contribution is -0.141. The first-order valence-electron chi connectivity index (χ1n) is 10.1. The fourth-order valence-corrected chi connectivity index (χ4v) is 4.86. The van der Waals surface area contributed by atoms with Crippen LogP contribution in [0.3, 0.4) is 0 Å². The monoisotopic (exact) mass is 424 g/mol. The molecule has 2 aromatic heterocycles. The molecular formula is C22H24N4O3S.